The Kier molecular flexibility index (Phi) is 6.36. The van der Waals surface area contributed by atoms with Crippen LogP contribution < -0.4 is 8.96 Å². The Morgan fingerprint density at radius 2 is 1.38 bits per heavy atom. The van der Waals surface area contributed by atoms with Crippen LogP contribution >= 0.6 is 0 Å². The summed E-state index contributed by atoms with van der Waals surface area (Å²) < 4.78 is 24.5. The zero-order valence-electron chi connectivity index (χ0n) is 23.3. The normalized spacial score (nSPS) is 11.7. The van der Waals surface area contributed by atoms with Crippen LogP contribution in [0.2, 0.25) is 17.3 Å². The molecule has 4 aromatic carbocycles. The van der Waals surface area contributed by atoms with Crippen LogP contribution in [0, 0.1) is 24.1 Å². The maximum absolute atomic E-state index is 15.1. The first-order valence-electron chi connectivity index (χ1n) is 13.4. The summed E-state index contributed by atoms with van der Waals surface area (Å²) in [5.41, 5.74) is 8.89. The van der Waals surface area contributed by atoms with E-state index in [1.165, 1.54) is 0 Å². The van der Waals surface area contributed by atoms with Gasteiger partial charge in [-0.15, -0.1) is 0 Å². The van der Waals surface area contributed by atoms with Gasteiger partial charge in [0, 0.05) is 0 Å². The summed E-state index contributed by atoms with van der Waals surface area (Å²) in [6.07, 6.45) is 1.59. The molecule has 0 unspecified atom stereocenters. The van der Waals surface area contributed by atoms with Gasteiger partial charge in [-0.1, -0.05) is 30.3 Å². The van der Waals surface area contributed by atoms with Gasteiger partial charge >= 0.3 is 201 Å². The van der Waals surface area contributed by atoms with E-state index < -0.39 is 13.3 Å². The summed E-state index contributed by atoms with van der Waals surface area (Å²) in [6, 6.07) is 30.9. The molecule has 0 aliphatic carbocycles. The van der Waals surface area contributed by atoms with Crippen LogP contribution in [0.25, 0.3) is 55.4 Å². The molecule has 0 spiro atoms. The number of nitriles is 1. The van der Waals surface area contributed by atoms with E-state index >= 15 is 4.39 Å². The van der Waals surface area contributed by atoms with E-state index in [0.717, 1.165) is 59.8 Å². The second kappa shape index (κ2) is 9.76. The quantitative estimate of drug-likeness (QED) is 0.154. The predicted octanol–water partition coefficient (Wildman–Crippen LogP) is 8.28. The van der Waals surface area contributed by atoms with E-state index in [2.05, 4.69) is 78.8 Å². The molecule has 0 radical (unpaired) electrons. The minimum absolute atomic E-state index is 0.145. The van der Waals surface area contributed by atoms with E-state index in [-0.39, 0.29) is 5.82 Å². The maximum atomic E-state index is 15.1. The number of aryl methyl sites for hydroxylation is 2. The number of furan rings is 1. The number of hydrogen-bond donors (Lipinski definition) is 0. The second-order valence-corrected chi connectivity index (χ2v) is 22.0. The SMILES string of the molecule is Cc1ccc2c(oc3c(-c4ccc(-c5ccccc5)cc4)c(C#N)ccc32)c1-c1c[c]([Ge]([CH3])([CH3])[CH3])c(F)c[n+]1C. The number of pyridine rings is 1. The Balaban J connectivity index is 1.61. The summed E-state index contributed by atoms with van der Waals surface area (Å²) >= 11 is -2.48. The summed E-state index contributed by atoms with van der Waals surface area (Å²) in [6.45, 7) is 2.06. The van der Waals surface area contributed by atoms with Gasteiger partial charge in [-0.3, -0.25) is 0 Å². The molecule has 2 heterocycles. The fourth-order valence-electron chi connectivity index (χ4n) is 5.60. The number of benzene rings is 4. The van der Waals surface area contributed by atoms with Crippen LogP contribution in [0.5, 0.6) is 0 Å². The molecular formula is C35H30FGeN2O+. The second-order valence-electron chi connectivity index (χ2n) is 11.4. The number of nitrogens with zero attached hydrogens (tertiary/aromatic N) is 2. The fraction of sp³-hybridized carbons (Fsp3) is 0.143. The molecule has 196 valence electrons. The van der Waals surface area contributed by atoms with Gasteiger partial charge in [-0.05, 0) is 5.56 Å². The molecule has 0 bridgehead atoms. The average Bonchev–Trinajstić information content (AvgIpc) is 3.31. The first kappa shape index (κ1) is 26.0. The van der Waals surface area contributed by atoms with Crippen molar-refractivity contribution in [1.82, 2.24) is 0 Å². The zero-order chi connectivity index (χ0) is 28.2. The van der Waals surface area contributed by atoms with Gasteiger partial charge in [0.15, 0.2) is 0 Å². The van der Waals surface area contributed by atoms with Crippen LogP contribution in [-0.4, -0.2) is 13.3 Å². The molecule has 2 aromatic heterocycles. The predicted molar refractivity (Wildman–Crippen MR) is 164 cm³/mol. The van der Waals surface area contributed by atoms with E-state index in [1.54, 1.807) is 6.20 Å². The zero-order valence-corrected chi connectivity index (χ0v) is 25.4. The number of fused-ring (bicyclic) bond motifs is 3. The topological polar surface area (TPSA) is 40.8 Å². The van der Waals surface area contributed by atoms with Gasteiger partial charge in [-0.25, -0.2) is 0 Å². The first-order valence-corrected chi connectivity index (χ1v) is 20.8. The van der Waals surface area contributed by atoms with Crippen molar-refractivity contribution in [3.8, 4) is 39.6 Å². The van der Waals surface area contributed by atoms with Crippen molar-refractivity contribution in [2.45, 2.75) is 24.2 Å². The van der Waals surface area contributed by atoms with Crippen molar-refractivity contribution >= 4 is 39.6 Å². The Morgan fingerprint density at radius 3 is 2.02 bits per heavy atom. The molecule has 0 atom stereocenters. The van der Waals surface area contributed by atoms with Crippen LogP contribution in [0.15, 0.2) is 95.5 Å². The number of rotatable bonds is 4. The molecule has 0 aliphatic rings. The molecule has 0 saturated heterocycles. The molecule has 0 amide bonds. The van der Waals surface area contributed by atoms with Gasteiger partial charge in [0.05, 0.1) is 0 Å². The molecule has 0 fully saturated rings. The summed E-state index contributed by atoms with van der Waals surface area (Å²) in [7, 11) is 1.88. The molecule has 6 rings (SSSR count). The molecule has 3 nitrogen and oxygen atoms in total. The third-order valence-corrected chi connectivity index (χ3v) is 11.9. The Hall–Kier alpha value is -4.21. The molecule has 0 saturated carbocycles. The van der Waals surface area contributed by atoms with Crippen molar-refractivity contribution in [3.05, 3.63) is 108 Å². The van der Waals surface area contributed by atoms with Gasteiger partial charge < -0.3 is 0 Å². The summed E-state index contributed by atoms with van der Waals surface area (Å²) in [4.78, 5) is 0. The van der Waals surface area contributed by atoms with Crippen molar-refractivity contribution in [2.75, 3.05) is 0 Å². The standard InChI is InChI=1S/C35H30FGeN2O/c1-22-11-17-27-28-18-16-26(20-38)33(25-14-12-24(13-15-25)23-9-7-6-8-10-23)35(28)40-34(27)32(22)31-19-30(37(2,3)4)29(36)21-39(31)5/h6-19,21H,1-5H3/q+1. The fourth-order valence-corrected chi connectivity index (χ4v) is 8.43. The summed E-state index contributed by atoms with van der Waals surface area (Å²) in [5.74, 6) is 6.47. The van der Waals surface area contributed by atoms with Crippen molar-refractivity contribution in [2.24, 2.45) is 7.05 Å². The Labute approximate surface area is 236 Å². The Bertz CT molecular complexity index is 1960. The van der Waals surface area contributed by atoms with Crippen molar-refractivity contribution < 1.29 is 13.4 Å². The third kappa shape index (κ3) is 4.31. The Morgan fingerprint density at radius 1 is 0.775 bits per heavy atom. The van der Waals surface area contributed by atoms with Gasteiger partial charge in [0.1, 0.15) is 0 Å². The van der Waals surface area contributed by atoms with E-state index in [0.29, 0.717) is 11.1 Å². The van der Waals surface area contributed by atoms with Crippen LogP contribution in [0.3, 0.4) is 0 Å². The average molecular weight is 586 g/mol. The third-order valence-electron chi connectivity index (χ3n) is 7.71. The number of hydrogen-bond acceptors (Lipinski definition) is 2. The van der Waals surface area contributed by atoms with Crippen LogP contribution in [-0.2, 0) is 7.05 Å². The summed E-state index contributed by atoms with van der Waals surface area (Å²) in [5, 5.41) is 12.0. The monoisotopic (exact) mass is 587 g/mol. The van der Waals surface area contributed by atoms with E-state index in [1.807, 2.05) is 48.0 Å². The molecule has 5 heteroatoms. The van der Waals surface area contributed by atoms with E-state index in [4.69, 9.17) is 4.42 Å². The van der Waals surface area contributed by atoms with Crippen molar-refractivity contribution in [3.63, 3.8) is 0 Å². The number of aromatic nitrogens is 1. The molecular weight excluding hydrogens is 556 g/mol. The molecule has 0 N–H and O–H groups in total. The van der Waals surface area contributed by atoms with Crippen LogP contribution in [0.1, 0.15) is 11.1 Å². The van der Waals surface area contributed by atoms with E-state index in [9.17, 15) is 5.26 Å². The minimum atomic E-state index is -2.48. The number of halogens is 1. The van der Waals surface area contributed by atoms with Crippen LogP contribution in [0.4, 0.5) is 4.39 Å². The first-order chi connectivity index (χ1) is 19.2. The van der Waals surface area contributed by atoms with Gasteiger partial charge in [-0.2, -0.15) is 0 Å². The van der Waals surface area contributed by atoms with Crippen molar-refractivity contribution in [1.29, 1.82) is 5.26 Å². The molecule has 40 heavy (non-hydrogen) atoms. The molecule has 0 aliphatic heterocycles. The molecule has 6 aromatic rings. The van der Waals surface area contributed by atoms with Gasteiger partial charge in [0.25, 0.3) is 0 Å². The van der Waals surface area contributed by atoms with Gasteiger partial charge in [0.2, 0.25) is 0 Å².